The number of carbonyl (C=O) groups is 1. The van der Waals surface area contributed by atoms with Crippen LogP contribution in [0, 0.1) is 21.4 Å². The maximum atomic E-state index is 12.5. The van der Waals surface area contributed by atoms with Gasteiger partial charge in [-0.1, -0.05) is 29.3 Å². The van der Waals surface area contributed by atoms with E-state index >= 15 is 0 Å². The highest BCUT2D eigenvalue weighted by Crippen LogP contribution is 2.35. The summed E-state index contributed by atoms with van der Waals surface area (Å²) in [4.78, 5) is 23.0. The zero-order valence-electron chi connectivity index (χ0n) is 15.9. The predicted octanol–water partition coefficient (Wildman–Crippen LogP) is 5.72. The molecule has 0 saturated carbocycles. The van der Waals surface area contributed by atoms with E-state index in [1.807, 2.05) is 0 Å². The summed E-state index contributed by atoms with van der Waals surface area (Å²) in [5.41, 5.74) is 0.217. The maximum Gasteiger partial charge on any atom is 0.270 e. The molecule has 0 bridgehead atoms. The predicted molar refractivity (Wildman–Crippen MR) is 116 cm³/mol. The van der Waals surface area contributed by atoms with E-state index in [4.69, 9.17) is 32.4 Å². The van der Waals surface area contributed by atoms with Gasteiger partial charge in [0, 0.05) is 18.2 Å². The van der Waals surface area contributed by atoms with Gasteiger partial charge >= 0.3 is 0 Å². The molecule has 0 aliphatic carbocycles. The highest BCUT2D eigenvalue weighted by molar-refractivity contribution is 6.44. The van der Waals surface area contributed by atoms with Gasteiger partial charge in [0.1, 0.15) is 28.9 Å². The van der Waals surface area contributed by atoms with Crippen molar-refractivity contribution in [3.05, 3.63) is 80.0 Å². The van der Waals surface area contributed by atoms with E-state index in [0.717, 1.165) is 0 Å². The molecule has 31 heavy (non-hydrogen) atoms. The van der Waals surface area contributed by atoms with Gasteiger partial charge in [-0.2, -0.15) is 5.26 Å². The largest absolute Gasteiger partial charge is 0.496 e. The number of amides is 1. The van der Waals surface area contributed by atoms with Crippen LogP contribution >= 0.6 is 23.2 Å². The van der Waals surface area contributed by atoms with Crippen molar-refractivity contribution in [3.8, 4) is 23.1 Å². The van der Waals surface area contributed by atoms with Crippen molar-refractivity contribution < 1.29 is 18.9 Å². The minimum absolute atomic E-state index is 0.139. The fraction of sp³-hybridized carbons (Fsp3) is 0.0476. The molecule has 10 heteroatoms. The summed E-state index contributed by atoms with van der Waals surface area (Å²) >= 11 is 12.0. The van der Waals surface area contributed by atoms with Crippen LogP contribution in [0.3, 0.4) is 0 Å². The van der Waals surface area contributed by atoms with Crippen LogP contribution in [0.25, 0.3) is 17.4 Å². The van der Waals surface area contributed by atoms with E-state index in [9.17, 15) is 20.2 Å². The van der Waals surface area contributed by atoms with Gasteiger partial charge in [-0.05, 0) is 30.3 Å². The van der Waals surface area contributed by atoms with Crippen molar-refractivity contribution in [2.24, 2.45) is 0 Å². The SMILES string of the molecule is COc1ccc([N+](=O)[O-])cc1-c1ccc(/C=C(/C#N)C(=O)Nc2cccc(Cl)c2Cl)o1. The Morgan fingerprint density at radius 3 is 2.71 bits per heavy atom. The van der Waals surface area contributed by atoms with E-state index < -0.39 is 10.8 Å². The zero-order valence-corrected chi connectivity index (χ0v) is 17.4. The molecule has 0 aliphatic heterocycles. The van der Waals surface area contributed by atoms with E-state index in [-0.39, 0.29) is 38.5 Å². The Labute approximate surface area is 186 Å². The second-order valence-electron chi connectivity index (χ2n) is 6.07. The number of methoxy groups -OCH3 is 1. The number of nitriles is 1. The summed E-state index contributed by atoms with van der Waals surface area (Å²) in [5, 5.41) is 23.4. The molecule has 156 valence electrons. The van der Waals surface area contributed by atoms with E-state index in [1.54, 1.807) is 30.3 Å². The number of halogens is 2. The molecule has 0 saturated heterocycles. The van der Waals surface area contributed by atoms with Gasteiger partial charge in [0.25, 0.3) is 11.6 Å². The Balaban J connectivity index is 1.90. The Morgan fingerprint density at radius 1 is 1.26 bits per heavy atom. The number of nitrogens with one attached hydrogen (secondary N) is 1. The number of hydrogen-bond acceptors (Lipinski definition) is 6. The average molecular weight is 458 g/mol. The van der Waals surface area contributed by atoms with Crippen molar-refractivity contribution >= 4 is 46.6 Å². The molecule has 0 atom stereocenters. The number of furan rings is 1. The summed E-state index contributed by atoms with van der Waals surface area (Å²) in [6.45, 7) is 0. The number of carbonyl (C=O) groups excluding carboxylic acids is 1. The summed E-state index contributed by atoms with van der Waals surface area (Å²) in [6.07, 6.45) is 1.24. The van der Waals surface area contributed by atoms with Gasteiger partial charge < -0.3 is 14.5 Å². The van der Waals surface area contributed by atoms with Crippen LogP contribution in [0.15, 0.2) is 58.5 Å². The number of nitrogens with zero attached hydrogens (tertiary/aromatic N) is 2. The van der Waals surface area contributed by atoms with Gasteiger partial charge in [-0.25, -0.2) is 0 Å². The second-order valence-corrected chi connectivity index (χ2v) is 6.85. The number of non-ortho nitro benzene ring substituents is 1. The highest BCUT2D eigenvalue weighted by Gasteiger charge is 2.17. The third kappa shape index (κ3) is 4.86. The number of rotatable bonds is 6. The fourth-order valence-corrected chi connectivity index (χ4v) is 3.01. The first kappa shape index (κ1) is 21.9. The van der Waals surface area contributed by atoms with Gasteiger partial charge in [0.15, 0.2) is 0 Å². The Bertz CT molecular complexity index is 1240. The lowest BCUT2D eigenvalue weighted by molar-refractivity contribution is -0.384. The standard InChI is InChI=1S/C21H13Cl2N3O5/c1-30-18-7-5-13(26(28)29)10-15(18)19-8-6-14(31-19)9-12(11-24)21(27)25-17-4-2-3-16(22)20(17)23/h2-10H,1H3,(H,25,27)/b12-9-. The molecule has 1 heterocycles. The summed E-state index contributed by atoms with van der Waals surface area (Å²) in [6, 6.07) is 13.6. The molecule has 0 spiro atoms. The molecule has 3 aromatic rings. The molecule has 3 rings (SSSR count). The Morgan fingerprint density at radius 2 is 2.03 bits per heavy atom. The van der Waals surface area contributed by atoms with E-state index in [1.165, 1.54) is 37.5 Å². The highest BCUT2D eigenvalue weighted by atomic mass is 35.5. The molecule has 1 amide bonds. The summed E-state index contributed by atoms with van der Waals surface area (Å²) in [7, 11) is 1.42. The third-order valence-corrected chi connectivity index (χ3v) is 4.96. The van der Waals surface area contributed by atoms with Crippen LogP contribution in [0.2, 0.25) is 10.0 Å². The third-order valence-electron chi connectivity index (χ3n) is 4.14. The Kier molecular flexibility index (Phi) is 6.60. The minimum Gasteiger partial charge on any atom is -0.496 e. The van der Waals surface area contributed by atoms with Crippen LogP contribution in [0.5, 0.6) is 5.75 Å². The molecule has 2 aromatic carbocycles. The topological polar surface area (TPSA) is 118 Å². The van der Waals surface area contributed by atoms with Crippen molar-refractivity contribution in [2.75, 3.05) is 12.4 Å². The number of ether oxygens (including phenoxy) is 1. The van der Waals surface area contributed by atoms with Crippen LogP contribution < -0.4 is 10.1 Å². The van der Waals surface area contributed by atoms with Crippen LogP contribution in [0.4, 0.5) is 11.4 Å². The number of nitro groups is 1. The van der Waals surface area contributed by atoms with Crippen LogP contribution in [-0.2, 0) is 4.79 Å². The molecule has 0 aliphatic rings. The van der Waals surface area contributed by atoms with E-state index in [0.29, 0.717) is 11.3 Å². The first-order chi connectivity index (χ1) is 14.8. The molecular formula is C21H13Cl2N3O5. The normalized spacial score (nSPS) is 11.0. The van der Waals surface area contributed by atoms with Gasteiger partial charge in [0.2, 0.25) is 0 Å². The number of anilines is 1. The Hall–Kier alpha value is -3.80. The summed E-state index contributed by atoms with van der Waals surface area (Å²) < 4.78 is 10.9. The first-order valence-electron chi connectivity index (χ1n) is 8.64. The van der Waals surface area contributed by atoms with Gasteiger partial charge in [-0.3, -0.25) is 14.9 Å². The van der Waals surface area contributed by atoms with Crippen molar-refractivity contribution in [1.29, 1.82) is 5.26 Å². The minimum atomic E-state index is -0.711. The number of benzene rings is 2. The monoisotopic (exact) mass is 457 g/mol. The summed E-state index contributed by atoms with van der Waals surface area (Å²) in [5.74, 6) is 0.108. The van der Waals surface area contributed by atoms with Crippen molar-refractivity contribution in [3.63, 3.8) is 0 Å². The van der Waals surface area contributed by atoms with Crippen LogP contribution in [-0.4, -0.2) is 17.9 Å². The molecule has 1 aromatic heterocycles. The molecule has 0 radical (unpaired) electrons. The lowest BCUT2D eigenvalue weighted by Gasteiger charge is -2.07. The van der Waals surface area contributed by atoms with Crippen LogP contribution in [0.1, 0.15) is 5.76 Å². The van der Waals surface area contributed by atoms with Gasteiger partial charge in [0.05, 0.1) is 33.3 Å². The molecule has 8 nitrogen and oxygen atoms in total. The zero-order chi connectivity index (χ0) is 22.5. The maximum absolute atomic E-state index is 12.5. The molecular weight excluding hydrogens is 445 g/mol. The molecule has 0 unspecified atom stereocenters. The molecule has 1 N–H and O–H groups in total. The number of nitro benzene ring substituents is 1. The fourth-order valence-electron chi connectivity index (χ4n) is 2.66. The first-order valence-corrected chi connectivity index (χ1v) is 9.39. The lowest BCUT2D eigenvalue weighted by Crippen LogP contribution is -2.13. The lowest BCUT2D eigenvalue weighted by atomic mass is 10.1. The quantitative estimate of drug-likeness (QED) is 0.219. The average Bonchev–Trinajstić information content (AvgIpc) is 3.23. The van der Waals surface area contributed by atoms with E-state index in [2.05, 4.69) is 5.32 Å². The van der Waals surface area contributed by atoms with Crippen molar-refractivity contribution in [1.82, 2.24) is 0 Å². The smallest absolute Gasteiger partial charge is 0.270 e. The van der Waals surface area contributed by atoms with Crippen molar-refractivity contribution in [2.45, 2.75) is 0 Å². The molecule has 0 fully saturated rings. The second kappa shape index (κ2) is 9.34. The van der Waals surface area contributed by atoms with Gasteiger partial charge in [-0.15, -0.1) is 0 Å². The number of hydrogen-bond donors (Lipinski definition) is 1.